The molecule has 7 nitrogen and oxygen atoms in total. The molecule has 2 N–H and O–H groups in total. The van der Waals surface area contributed by atoms with Crippen LogP contribution in [0.15, 0.2) is 53.8 Å². The third kappa shape index (κ3) is 3.31. The van der Waals surface area contributed by atoms with Crippen LogP contribution in [0, 0.1) is 11.8 Å². The Morgan fingerprint density at radius 2 is 1.91 bits per heavy atom. The first-order valence-electron chi connectivity index (χ1n) is 10.9. The fourth-order valence-electron chi connectivity index (χ4n) is 4.75. The molecule has 0 saturated heterocycles. The van der Waals surface area contributed by atoms with Crippen molar-refractivity contribution in [1.29, 1.82) is 0 Å². The molecular formula is C25H20F2N4O3. The Hall–Kier alpha value is -3.85. The summed E-state index contributed by atoms with van der Waals surface area (Å²) in [5.41, 5.74) is 8.92. The molecule has 0 fully saturated rings. The minimum absolute atomic E-state index is 0.00641. The molecule has 3 aliphatic rings. The highest BCUT2D eigenvalue weighted by Gasteiger charge is 2.46. The zero-order chi connectivity index (χ0) is 23.3. The van der Waals surface area contributed by atoms with Gasteiger partial charge in [0.25, 0.3) is 12.0 Å². The monoisotopic (exact) mass is 462 g/mol. The third-order valence-electron chi connectivity index (χ3n) is 6.36. The number of halogens is 2. The van der Waals surface area contributed by atoms with Crippen molar-refractivity contribution >= 4 is 11.6 Å². The summed E-state index contributed by atoms with van der Waals surface area (Å²) >= 11 is 0. The first-order valence-corrected chi connectivity index (χ1v) is 10.9. The second-order valence-electron chi connectivity index (χ2n) is 8.34. The van der Waals surface area contributed by atoms with E-state index < -0.39 is 17.3 Å². The predicted octanol–water partition coefficient (Wildman–Crippen LogP) is 4.31. The smallest absolute Gasteiger partial charge is 0.283 e. The second kappa shape index (κ2) is 7.88. The highest BCUT2D eigenvalue weighted by Crippen LogP contribution is 2.53. The Balaban J connectivity index is 1.58. The van der Waals surface area contributed by atoms with Crippen LogP contribution in [-0.4, -0.2) is 35.8 Å². The Bertz CT molecular complexity index is 1370. The van der Waals surface area contributed by atoms with E-state index in [-0.39, 0.29) is 18.4 Å². The first-order chi connectivity index (χ1) is 16.5. The highest BCUT2D eigenvalue weighted by atomic mass is 19.1. The maximum atomic E-state index is 15.3. The quantitative estimate of drug-likeness (QED) is 0.571. The summed E-state index contributed by atoms with van der Waals surface area (Å²) < 4.78 is 46.0. The molecule has 3 aliphatic heterocycles. The molecule has 1 spiro atoms. The van der Waals surface area contributed by atoms with Crippen LogP contribution in [0.3, 0.4) is 0 Å². The minimum atomic E-state index is -1.05. The van der Waals surface area contributed by atoms with Gasteiger partial charge in [0.2, 0.25) is 0 Å². The molecular weight excluding hydrogens is 442 g/mol. The van der Waals surface area contributed by atoms with Gasteiger partial charge in [0, 0.05) is 29.3 Å². The molecule has 1 aromatic carbocycles. The number of hydrogen-bond acceptors (Lipinski definition) is 7. The van der Waals surface area contributed by atoms with Crippen LogP contribution < -0.4 is 10.5 Å². The van der Waals surface area contributed by atoms with E-state index in [1.165, 1.54) is 6.07 Å². The molecule has 5 heterocycles. The maximum absolute atomic E-state index is 15.3. The van der Waals surface area contributed by atoms with Crippen LogP contribution in [-0.2, 0) is 15.0 Å². The van der Waals surface area contributed by atoms with E-state index in [9.17, 15) is 4.39 Å². The van der Waals surface area contributed by atoms with Crippen LogP contribution in [0.4, 0.5) is 8.78 Å². The predicted molar refractivity (Wildman–Crippen MR) is 120 cm³/mol. The van der Waals surface area contributed by atoms with Gasteiger partial charge in [-0.1, -0.05) is 12.1 Å². The second-order valence-corrected chi connectivity index (χ2v) is 8.34. The van der Waals surface area contributed by atoms with Gasteiger partial charge >= 0.3 is 0 Å². The van der Waals surface area contributed by atoms with Gasteiger partial charge in [-0.25, -0.2) is 14.4 Å². The van der Waals surface area contributed by atoms with Crippen molar-refractivity contribution in [2.75, 3.05) is 19.8 Å². The Kier molecular flexibility index (Phi) is 4.80. The van der Waals surface area contributed by atoms with E-state index in [0.29, 0.717) is 54.2 Å². The number of aliphatic imine (C=N–C) groups is 1. The van der Waals surface area contributed by atoms with Crippen LogP contribution >= 0.6 is 0 Å². The van der Waals surface area contributed by atoms with Crippen molar-refractivity contribution in [2.24, 2.45) is 10.7 Å². The topological polar surface area (TPSA) is 91.9 Å². The lowest BCUT2D eigenvalue weighted by Gasteiger charge is -2.39. The lowest BCUT2D eigenvalue weighted by molar-refractivity contribution is 0.161. The first kappa shape index (κ1) is 20.7. The van der Waals surface area contributed by atoms with Crippen LogP contribution in [0.25, 0.3) is 16.7 Å². The number of hydrogen-bond donors (Lipinski definition) is 1. The highest BCUT2D eigenvalue weighted by molar-refractivity contribution is 5.77. The van der Waals surface area contributed by atoms with Crippen molar-refractivity contribution in [3.05, 3.63) is 77.4 Å². The Morgan fingerprint density at radius 3 is 2.71 bits per heavy atom. The summed E-state index contributed by atoms with van der Waals surface area (Å²) in [6.45, 7) is 1.28. The van der Waals surface area contributed by atoms with E-state index in [4.69, 9.17) is 24.9 Å². The maximum Gasteiger partial charge on any atom is 0.283 e. The lowest BCUT2D eigenvalue weighted by Crippen LogP contribution is -2.39. The molecule has 2 aromatic heterocycles. The van der Waals surface area contributed by atoms with Crippen molar-refractivity contribution in [3.63, 3.8) is 0 Å². The van der Waals surface area contributed by atoms with Gasteiger partial charge < -0.3 is 19.9 Å². The largest absolute Gasteiger partial charge is 0.465 e. The normalized spacial score (nSPS) is 21.0. The fourth-order valence-corrected chi connectivity index (χ4v) is 4.75. The number of nitrogens with two attached hydrogens (primary N) is 1. The summed E-state index contributed by atoms with van der Waals surface area (Å²) in [5, 5.41) is 0. The number of benzene rings is 1. The van der Waals surface area contributed by atoms with Crippen molar-refractivity contribution in [1.82, 2.24) is 9.97 Å². The van der Waals surface area contributed by atoms with E-state index in [1.807, 2.05) is 18.2 Å². The molecule has 0 bridgehead atoms. The van der Waals surface area contributed by atoms with Crippen molar-refractivity contribution < 1.29 is 23.0 Å². The molecule has 0 unspecified atom stereocenters. The van der Waals surface area contributed by atoms with E-state index in [2.05, 4.69) is 9.97 Å². The van der Waals surface area contributed by atoms with Crippen LogP contribution in [0.2, 0.25) is 0 Å². The Morgan fingerprint density at radius 1 is 1.00 bits per heavy atom. The number of aromatic nitrogens is 2. The third-order valence-corrected chi connectivity index (χ3v) is 6.36. The summed E-state index contributed by atoms with van der Waals surface area (Å²) in [6.07, 6.45) is 5.66. The van der Waals surface area contributed by atoms with Crippen LogP contribution in [0.5, 0.6) is 11.5 Å². The molecule has 0 saturated carbocycles. The van der Waals surface area contributed by atoms with Gasteiger partial charge in [-0.05, 0) is 41.8 Å². The minimum Gasteiger partial charge on any atom is -0.465 e. The van der Waals surface area contributed by atoms with Gasteiger partial charge in [0.1, 0.15) is 17.1 Å². The van der Waals surface area contributed by atoms with E-state index >= 15 is 4.39 Å². The zero-order valence-corrected chi connectivity index (χ0v) is 18.1. The average Bonchev–Trinajstić information content (AvgIpc) is 2.85. The summed E-state index contributed by atoms with van der Waals surface area (Å²) in [5.74, 6) is -0.716. The van der Waals surface area contributed by atoms with Gasteiger partial charge in [-0.15, -0.1) is 0 Å². The fraction of sp³-hybridized carbons (Fsp3) is 0.240. The molecule has 172 valence electrons. The summed E-state index contributed by atoms with van der Waals surface area (Å²) in [7, 11) is 0. The van der Waals surface area contributed by atoms with Crippen molar-refractivity contribution in [2.45, 2.75) is 18.4 Å². The SMILES string of the molecule is NC1=N[C@]2(CCO1)c1cc(-c3cncc(F)c3)ccc1Oc1c2cc(C2=CCOCC2)nc1F. The number of nitrogens with zero attached hydrogens (tertiary/aromatic N) is 3. The van der Waals surface area contributed by atoms with Crippen LogP contribution in [0.1, 0.15) is 29.7 Å². The number of fused-ring (bicyclic) bond motifs is 4. The van der Waals surface area contributed by atoms with E-state index in [1.54, 1.807) is 18.3 Å². The summed E-state index contributed by atoms with van der Waals surface area (Å²) in [6, 6.07) is 8.58. The molecule has 1 atom stereocenters. The van der Waals surface area contributed by atoms with Crippen molar-refractivity contribution in [3.8, 4) is 22.6 Å². The zero-order valence-electron chi connectivity index (χ0n) is 18.1. The molecule has 0 aliphatic carbocycles. The lowest BCUT2D eigenvalue weighted by atomic mass is 9.77. The van der Waals surface area contributed by atoms with Gasteiger partial charge in [-0.3, -0.25) is 4.98 Å². The molecule has 9 heteroatoms. The van der Waals surface area contributed by atoms with Gasteiger partial charge in [0.05, 0.1) is 31.7 Å². The standard InChI is InChI=1S/C25H20F2N4O3/c26-17-9-16(12-29-13-17)15-1-2-21-18(10-15)25(5-8-33-24(28)31-25)19-11-20(14-3-6-32-7-4-14)30-23(27)22(19)34-21/h1-3,9-13H,4-8H2,(H2,28,31)/t25-/m1/s1. The van der Waals surface area contributed by atoms with Gasteiger partial charge in [0.15, 0.2) is 5.75 Å². The summed E-state index contributed by atoms with van der Waals surface area (Å²) in [4.78, 5) is 12.8. The average molecular weight is 462 g/mol. The van der Waals surface area contributed by atoms with Gasteiger partial charge in [-0.2, -0.15) is 4.39 Å². The number of ether oxygens (including phenoxy) is 3. The number of amidine groups is 1. The molecule has 0 amide bonds. The molecule has 34 heavy (non-hydrogen) atoms. The number of rotatable bonds is 2. The van der Waals surface area contributed by atoms with E-state index in [0.717, 1.165) is 17.3 Å². The number of pyridine rings is 2. The molecule has 3 aromatic rings. The Labute approximate surface area is 193 Å². The molecule has 0 radical (unpaired) electrons. The molecule has 6 rings (SSSR count).